The predicted molar refractivity (Wildman–Crippen MR) is 103 cm³/mol. The van der Waals surface area contributed by atoms with Gasteiger partial charge in [0.1, 0.15) is 17.8 Å². The van der Waals surface area contributed by atoms with Gasteiger partial charge in [0.15, 0.2) is 5.65 Å². The third-order valence-electron chi connectivity index (χ3n) is 4.85. The number of anilines is 1. The van der Waals surface area contributed by atoms with Gasteiger partial charge in [0, 0.05) is 42.4 Å². The molecule has 0 atom stereocenters. The fourth-order valence-electron chi connectivity index (χ4n) is 3.57. The van der Waals surface area contributed by atoms with E-state index in [0.29, 0.717) is 41.1 Å². The second-order valence-corrected chi connectivity index (χ2v) is 6.97. The van der Waals surface area contributed by atoms with Crippen molar-refractivity contribution in [3.63, 3.8) is 0 Å². The van der Waals surface area contributed by atoms with E-state index in [2.05, 4.69) is 15.1 Å². The molecule has 4 aromatic rings. The van der Waals surface area contributed by atoms with Gasteiger partial charge < -0.3 is 4.57 Å². The molecule has 1 aliphatic rings. The van der Waals surface area contributed by atoms with Crippen LogP contribution in [-0.4, -0.2) is 36.6 Å². The van der Waals surface area contributed by atoms with Crippen molar-refractivity contribution in [1.29, 1.82) is 0 Å². The van der Waals surface area contributed by atoms with E-state index in [9.17, 15) is 9.18 Å². The molecule has 1 aromatic carbocycles. The smallest absolute Gasteiger partial charge is 0.226 e. The number of pyridine rings is 1. The van der Waals surface area contributed by atoms with E-state index in [1.165, 1.54) is 25.4 Å². The van der Waals surface area contributed by atoms with Crippen LogP contribution in [0.2, 0.25) is 5.02 Å². The number of carbonyl (C=O) groups excluding carboxylic acids is 1. The summed E-state index contributed by atoms with van der Waals surface area (Å²) in [6, 6.07) is 8.07. The Kier molecular flexibility index (Phi) is 3.70. The molecule has 0 bridgehead atoms. The standard InChI is InChI=1S/C19H14ClFN6O/c1-11(28)25-6-7-26-18(12-2-5-16-22-10-23-27(16)9-12)17(24-19(25)26)14-8-13(20)3-4-15(14)21/h2-5,8-10H,6-7H2,1H3. The van der Waals surface area contributed by atoms with Gasteiger partial charge in [-0.2, -0.15) is 5.10 Å². The molecule has 7 nitrogen and oxygen atoms in total. The van der Waals surface area contributed by atoms with Gasteiger partial charge in [-0.05, 0) is 30.3 Å². The molecule has 9 heteroatoms. The van der Waals surface area contributed by atoms with Crippen molar-refractivity contribution in [2.45, 2.75) is 13.5 Å². The molecule has 140 valence electrons. The van der Waals surface area contributed by atoms with Gasteiger partial charge in [-0.15, -0.1) is 0 Å². The first-order valence-corrected chi connectivity index (χ1v) is 9.04. The normalized spacial score (nSPS) is 13.3. The van der Waals surface area contributed by atoms with Gasteiger partial charge in [-0.1, -0.05) is 11.6 Å². The Balaban J connectivity index is 1.80. The van der Waals surface area contributed by atoms with Gasteiger partial charge in [0.2, 0.25) is 11.9 Å². The number of hydrogen-bond donors (Lipinski definition) is 0. The number of benzene rings is 1. The summed E-state index contributed by atoms with van der Waals surface area (Å²) in [5, 5.41) is 4.58. The van der Waals surface area contributed by atoms with Crippen LogP contribution in [0.15, 0.2) is 42.9 Å². The van der Waals surface area contributed by atoms with E-state index in [4.69, 9.17) is 11.6 Å². The van der Waals surface area contributed by atoms with Crippen LogP contribution in [-0.2, 0) is 11.3 Å². The van der Waals surface area contributed by atoms with Crippen LogP contribution in [0.25, 0.3) is 28.2 Å². The highest BCUT2D eigenvalue weighted by molar-refractivity contribution is 6.30. The van der Waals surface area contributed by atoms with Gasteiger partial charge in [-0.3, -0.25) is 9.69 Å². The van der Waals surface area contributed by atoms with Crippen LogP contribution in [0.1, 0.15) is 6.92 Å². The molecule has 0 radical (unpaired) electrons. The topological polar surface area (TPSA) is 68.3 Å². The summed E-state index contributed by atoms with van der Waals surface area (Å²) in [6.45, 7) is 2.58. The number of rotatable bonds is 2. The number of fused-ring (bicyclic) bond motifs is 2. The summed E-state index contributed by atoms with van der Waals surface area (Å²) in [5.41, 5.74) is 2.91. The number of nitrogens with zero attached hydrogens (tertiary/aromatic N) is 6. The molecule has 0 N–H and O–H groups in total. The van der Waals surface area contributed by atoms with Crippen LogP contribution < -0.4 is 4.90 Å². The molecule has 5 rings (SSSR count). The molecule has 4 heterocycles. The van der Waals surface area contributed by atoms with Crippen molar-refractivity contribution < 1.29 is 9.18 Å². The SMILES string of the molecule is CC(=O)N1CCn2c1nc(-c1cc(Cl)ccc1F)c2-c1ccc2ncnn2c1. The fourth-order valence-corrected chi connectivity index (χ4v) is 3.75. The summed E-state index contributed by atoms with van der Waals surface area (Å²) >= 11 is 6.11. The van der Waals surface area contributed by atoms with Crippen LogP contribution in [0.5, 0.6) is 0 Å². The average molecular weight is 397 g/mol. The van der Waals surface area contributed by atoms with Gasteiger partial charge in [0.25, 0.3) is 0 Å². The minimum Gasteiger partial charge on any atom is -0.307 e. The second-order valence-electron chi connectivity index (χ2n) is 6.54. The van der Waals surface area contributed by atoms with Crippen molar-refractivity contribution in [3.8, 4) is 22.5 Å². The first kappa shape index (κ1) is 16.9. The Bertz CT molecular complexity index is 1250. The van der Waals surface area contributed by atoms with E-state index in [1.807, 2.05) is 22.9 Å². The molecular weight excluding hydrogens is 383 g/mol. The molecule has 1 aliphatic heterocycles. The zero-order valence-electron chi connectivity index (χ0n) is 14.8. The Labute approximate surface area is 164 Å². The lowest BCUT2D eigenvalue weighted by atomic mass is 10.1. The first-order valence-electron chi connectivity index (χ1n) is 8.67. The Hall–Kier alpha value is -3.26. The van der Waals surface area contributed by atoms with Crippen LogP contribution >= 0.6 is 11.6 Å². The highest BCUT2D eigenvalue weighted by Gasteiger charge is 2.31. The highest BCUT2D eigenvalue weighted by atomic mass is 35.5. The number of carbonyl (C=O) groups is 1. The van der Waals surface area contributed by atoms with Crippen LogP contribution in [0.3, 0.4) is 0 Å². The number of aromatic nitrogens is 5. The lowest BCUT2D eigenvalue weighted by molar-refractivity contribution is -0.116. The third kappa shape index (κ3) is 2.49. The molecule has 0 saturated heterocycles. The molecule has 0 fully saturated rings. The van der Waals surface area contributed by atoms with Crippen LogP contribution in [0.4, 0.5) is 10.3 Å². The monoisotopic (exact) mass is 396 g/mol. The van der Waals surface area contributed by atoms with Crippen molar-refractivity contribution >= 4 is 29.1 Å². The van der Waals surface area contributed by atoms with Gasteiger partial charge >= 0.3 is 0 Å². The molecular formula is C19H14ClFN6O. The molecule has 0 unspecified atom stereocenters. The van der Waals surface area contributed by atoms with Gasteiger partial charge in [-0.25, -0.2) is 18.9 Å². The molecule has 0 saturated carbocycles. The average Bonchev–Trinajstić information content (AvgIpc) is 3.36. The van der Waals surface area contributed by atoms with Crippen molar-refractivity contribution in [2.75, 3.05) is 11.4 Å². The van der Waals surface area contributed by atoms with E-state index in [0.717, 1.165) is 5.56 Å². The second kappa shape index (κ2) is 6.13. The summed E-state index contributed by atoms with van der Waals surface area (Å²) in [4.78, 5) is 22.4. The zero-order chi connectivity index (χ0) is 19.4. The maximum absolute atomic E-state index is 14.7. The Morgan fingerprint density at radius 3 is 2.89 bits per heavy atom. The van der Waals surface area contributed by atoms with Crippen molar-refractivity contribution in [1.82, 2.24) is 24.1 Å². The number of halogens is 2. The molecule has 1 amide bonds. The van der Waals surface area contributed by atoms with Crippen LogP contribution in [0, 0.1) is 5.82 Å². The molecule has 0 aliphatic carbocycles. The molecule has 28 heavy (non-hydrogen) atoms. The van der Waals surface area contributed by atoms with Gasteiger partial charge in [0.05, 0.1) is 5.69 Å². The number of hydrogen-bond acceptors (Lipinski definition) is 4. The summed E-state index contributed by atoms with van der Waals surface area (Å²) in [7, 11) is 0. The minimum atomic E-state index is -0.432. The zero-order valence-corrected chi connectivity index (χ0v) is 15.6. The number of imidazole rings is 1. The lowest BCUT2D eigenvalue weighted by Gasteiger charge is -2.10. The van der Waals surface area contributed by atoms with E-state index >= 15 is 0 Å². The minimum absolute atomic E-state index is 0.111. The fraction of sp³-hybridized carbons (Fsp3) is 0.158. The summed E-state index contributed by atoms with van der Waals surface area (Å²) in [5.74, 6) is -0.0469. The largest absolute Gasteiger partial charge is 0.307 e. The molecule has 0 spiro atoms. The Morgan fingerprint density at radius 2 is 2.07 bits per heavy atom. The summed E-state index contributed by atoms with van der Waals surface area (Å²) < 4.78 is 18.2. The lowest BCUT2D eigenvalue weighted by Crippen LogP contribution is -2.26. The predicted octanol–water partition coefficient (Wildman–Crippen LogP) is 3.42. The number of amides is 1. The first-order chi connectivity index (χ1) is 13.5. The van der Waals surface area contributed by atoms with Crippen molar-refractivity contribution in [3.05, 3.63) is 53.7 Å². The maximum Gasteiger partial charge on any atom is 0.226 e. The van der Waals surface area contributed by atoms with E-state index in [1.54, 1.807) is 15.5 Å². The quantitative estimate of drug-likeness (QED) is 0.520. The highest BCUT2D eigenvalue weighted by Crippen LogP contribution is 2.39. The maximum atomic E-state index is 14.7. The van der Waals surface area contributed by atoms with E-state index in [-0.39, 0.29) is 11.5 Å². The van der Waals surface area contributed by atoms with Crippen molar-refractivity contribution in [2.24, 2.45) is 0 Å². The summed E-state index contributed by atoms with van der Waals surface area (Å²) in [6.07, 6.45) is 3.28. The third-order valence-corrected chi connectivity index (χ3v) is 5.08. The van der Waals surface area contributed by atoms with E-state index < -0.39 is 5.82 Å². The molecule has 3 aromatic heterocycles. The Morgan fingerprint density at radius 1 is 1.21 bits per heavy atom.